The molecule has 0 aliphatic rings. The van der Waals surface area contributed by atoms with Gasteiger partial charge >= 0.3 is 6.09 Å². The van der Waals surface area contributed by atoms with Crippen molar-refractivity contribution < 1.29 is 24.2 Å². The normalized spacial score (nSPS) is 13.3. The number of amides is 2. The van der Waals surface area contributed by atoms with Gasteiger partial charge in [0.15, 0.2) is 0 Å². The first kappa shape index (κ1) is 26.8. The van der Waals surface area contributed by atoms with Crippen LogP contribution in [0, 0.1) is 6.92 Å². The molecule has 1 atom stereocenters. The summed E-state index contributed by atoms with van der Waals surface area (Å²) in [6.45, 7) is 10.8. The van der Waals surface area contributed by atoms with Crippen molar-refractivity contribution in [2.75, 3.05) is 18.5 Å². The Bertz CT molecular complexity index is 714. The number of aryl methyl sites for hydroxylation is 1. The number of unbranched alkanes of at least 4 members (excludes halogenated alkanes) is 5. The van der Waals surface area contributed by atoms with E-state index in [9.17, 15) is 14.7 Å². The summed E-state index contributed by atoms with van der Waals surface area (Å²) in [5.74, 6) is 0.240. The van der Waals surface area contributed by atoms with Crippen LogP contribution in [0.5, 0.6) is 5.75 Å². The van der Waals surface area contributed by atoms with Crippen molar-refractivity contribution in [3.8, 4) is 5.75 Å². The summed E-state index contributed by atoms with van der Waals surface area (Å²) >= 11 is 0. The third-order valence-corrected chi connectivity index (χ3v) is 4.78. The van der Waals surface area contributed by atoms with E-state index in [1.54, 1.807) is 32.9 Å². The molecule has 3 N–H and O–H groups in total. The average Bonchev–Trinajstić information content (AvgIpc) is 2.67. The lowest BCUT2D eigenvalue weighted by Crippen LogP contribution is -2.58. The molecule has 2 amide bonds. The highest BCUT2D eigenvalue weighted by Crippen LogP contribution is 2.23. The van der Waals surface area contributed by atoms with Gasteiger partial charge < -0.3 is 25.2 Å². The lowest BCUT2D eigenvalue weighted by atomic mass is 10.0. The number of aliphatic hydroxyl groups excluding tert-OH is 1. The van der Waals surface area contributed by atoms with Crippen LogP contribution in [0.15, 0.2) is 18.2 Å². The Morgan fingerprint density at radius 3 is 2.26 bits per heavy atom. The molecule has 1 aromatic carbocycles. The number of aliphatic hydroxyl groups is 1. The molecule has 0 bridgehead atoms. The van der Waals surface area contributed by atoms with Crippen molar-refractivity contribution in [3.05, 3.63) is 23.8 Å². The molecular weight excluding hydrogens is 396 g/mol. The van der Waals surface area contributed by atoms with Crippen LogP contribution in [0.4, 0.5) is 10.5 Å². The molecule has 0 radical (unpaired) electrons. The van der Waals surface area contributed by atoms with Gasteiger partial charge in [-0.3, -0.25) is 4.79 Å². The van der Waals surface area contributed by atoms with E-state index >= 15 is 0 Å². The van der Waals surface area contributed by atoms with Gasteiger partial charge in [-0.1, -0.05) is 39.0 Å². The van der Waals surface area contributed by atoms with Crippen molar-refractivity contribution in [1.29, 1.82) is 0 Å². The second-order valence-electron chi connectivity index (χ2n) is 9.17. The zero-order valence-corrected chi connectivity index (χ0v) is 20.0. The number of hydrogen-bond donors (Lipinski definition) is 3. The van der Waals surface area contributed by atoms with Crippen LogP contribution in [0.3, 0.4) is 0 Å². The van der Waals surface area contributed by atoms with Crippen molar-refractivity contribution in [2.45, 2.75) is 91.2 Å². The van der Waals surface area contributed by atoms with Crippen LogP contribution in [-0.4, -0.2) is 41.5 Å². The second kappa shape index (κ2) is 12.5. The minimum atomic E-state index is -1.52. The molecule has 0 aliphatic heterocycles. The van der Waals surface area contributed by atoms with Crippen LogP contribution in [0.1, 0.15) is 78.7 Å². The molecule has 0 spiro atoms. The number of alkyl carbamates (subject to hydrolysis) is 1. The van der Waals surface area contributed by atoms with Crippen LogP contribution in [-0.2, 0) is 9.53 Å². The van der Waals surface area contributed by atoms with E-state index in [0.29, 0.717) is 12.3 Å². The highest BCUT2D eigenvalue weighted by molar-refractivity contribution is 5.99. The third kappa shape index (κ3) is 10.0. The van der Waals surface area contributed by atoms with Crippen molar-refractivity contribution >= 4 is 17.7 Å². The van der Waals surface area contributed by atoms with Crippen molar-refractivity contribution in [2.24, 2.45) is 0 Å². The molecule has 0 aliphatic carbocycles. The third-order valence-electron chi connectivity index (χ3n) is 4.78. The highest BCUT2D eigenvalue weighted by Gasteiger charge is 2.36. The first-order chi connectivity index (χ1) is 14.5. The Balaban J connectivity index is 2.61. The Morgan fingerprint density at radius 1 is 1.03 bits per heavy atom. The zero-order valence-electron chi connectivity index (χ0n) is 20.0. The van der Waals surface area contributed by atoms with Gasteiger partial charge in [-0.2, -0.15) is 0 Å². The first-order valence-electron chi connectivity index (χ1n) is 11.2. The van der Waals surface area contributed by atoms with E-state index < -0.39 is 29.7 Å². The minimum absolute atomic E-state index is 0.541. The van der Waals surface area contributed by atoms with Gasteiger partial charge in [0.1, 0.15) is 16.9 Å². The van der Waals surface area contributed by atoms with Gasteiger partial charge in [-0.25, -0.2) is 4.79 Å². The smallest absolute Gasteiger partial charge is 0.408 e. The van der Waals surface area contributed by atoms with Gasteiger partial charge in [-0.05, 0) is 64.8 Å². The van der Waals surface area contributed by atoms with Crippen LogP contribution < -0.4 is 15.4 Å². The molecule has 1 unspecified atom stereocenters. The maximum atomic E-state index is 12.7. The number of nitrogens with one attached hydrogen (secondary N) is 2. The van der Waals surface area contributed by atoms with Gasteiger partial charge in [0.05, 0.1) is 13.2 Å². The summed E-state index contributed by atoms with van der Waals surface area (Å²) in [4.78, 5) is 24.8. The molecule has 0 fully saturated rings. The van der Waals surface area contributed by atoms with E-state index in [1.165, 1.54) is 32.6 Å². The fourth-order valence-electron chi connectivity index (χ4n) is 2.92. The molecule has 1 aromatic rings. The number of hydrogen-bond acceptors (Lipinski definition) is 5. The number of rotatable bonds is 12. The minimum Gasteiger partial charge on any atom is -0.493 e. The number of carbonyl (C=O) groups excluding carboxylic acids is 2. The Morgan fingerprint density at radius 2 is 1.68 bits per heavy atom. The molecule has 31 heavy (non-hydrogen) atoms. The Kier molecular flexibility index (Phi) is 10.8. The number of carbonyl (C=O) groups is 2. The lowest BCUT2D eigenvalue weighted by Gasteiger charge is -2.29. The van der Waals surface area contributed by atoms with Crippen molar-refractivity contribution in [1.82, 2.24) is 5.32 Å². The highest BCUT2D eigenvalue weighted by atomic mass is 16.6. The zero-order chi connectivity index (χ0) is 23.5. The van der Waals surface area contributed by atoms with E-state index in [-0.39, 0.29) is 0 Å². The van der Waals surface area contributed by atoms with Crippen LogP contribution in [0.2, 0.25) is 0 Å². The fraction of sp³-hybridized carbons (Fsp3) is 0.667. The molecule has 0 heterocycles. The topological polar surface area (TPSA) is 96.9 Å². The average molecular weight is 437 g/mol. The molecule has 1 rings (SSSR count). The summed E-state index contributed by atoms with van der Waals surface area (Å²) < 4.78 is 11.1. The maximum Gasteiger partial charge on any atom is 0.408 e. The number of anilines is 1. The van der Waals surface area contributed by atoms with Crippen molar-refractivity contribution in [3.63, 3.8) is 0 Å². The molecule has 7 nitrogen and oxygen atoms in total. The standard InChI is InChI=1S/C24H40N2O5/c1-7-8-9-10-11-12-15-30-20-14-13-19(16-18(20)2)25-21(28)24(6,17-27)26-22(29)31-23(3,4)5/h13-14,16,27H,7-12,15,17H2,1-6H3,(H,25,28)(H,26,29). The summed E-state index contributed by atoms with van der Waals surface area (Å²) in [6.07, 6.45) is 6.46. The monoisotopic (exact) mass is 436 g/mol. The summed E-state index contributed by atoms with van der Waals surface area (Å²) in [7, 11) is 0. The molecule has 0 saturated carbocycles. The number of ether oxygens (including phenoxy) is 2. The quantitative estimate of drug-likeness (QED) is 0.403. The first-order valence-corrected chi connectivity index (χ1v) is 11.2. The molecule has 0 aromatic heterocycles. The second-order valence-corrected chi connectivity index (χ2v) is 9.17. The summed E-state index contributed by atoms with van der Waals surface area (Å²) in [6, 6.07) is 5.37. The summed E-state index contributed by atoms with van der Waals surface area (Å²) in [5, 5.41) is 14.9. The SMILES string of the molecule is CCCCCCCCOc1ccc(NC(=O)C(C)(CO)NC(=O)OC(C)(C)C)cc1C. The molecule has 0 saturated heterocycles. The fourth-order valence-corrected chi connectivity index (χ4v) is 2.92. The van der Waals surface area contributed by atoms with Gasteiger partial charge in [-0.15, -0.1) is 0 Å². The maximum absolute atomic E-state index is 12.7. The molecular formula is C24H40N2O5. The summed E-state index contributed by atoms with van der Waals surface area (Å²) in [5.41, 5.74) is -0.780. The molecule has 176 valence electrons. The van der Waals surface area contributed by atoms with Crippen LogP contribution >= 0.6 is 0 Å². The van der Waals surface area contributed by atoms with Gasteiger partial charge in [0.2, 0.25) is 0 Å². The van der Waals surface area contributed by atoms with Gasteiger partial charge in [0.25, 0.3) is 5.91 Å². The largest absolute Gasteiger partial charge is 0.493 e. The molecule has 7 heteroatoms. The van der Waals surface area contributed by atoms with E-state index in [0.717, 1.165) is 24.2 Å². The van der Waals surface area contributed by atoms with Gasteiger partial charge in [0, 0.05) is 5.69 Å². The predicted octanol–water partition coefficient (Wildman–Crippen LogP) is 4.95. The van der Waals surface area contributed by atoms with E-state index in [2.05, 4.69) is 17.6 Å². The van der Waals surface area contributed by atoms with E-state index in [4.69, 9.17) is 9.47 Å². The Hall–Kier alpha value is -2.28. The Labute approximate surface area is 186 Å². The predicted molar refractivity (Wildman–Crippen MR) is 124 cm³/mol. The van der Waals surface area contributed by atoms with E-state index in [1.807, 2.05) is 13.0 Å². The lowest BCUT2D eigenvalue weighted by molar-refractivity contribution is -0.123. The number of benzene rings is 1. The van der Waals surface area contributed by atoms with Crippen LogP contribution in [0.25, 0.3) is 0 Å².